The Labute approximate surface area is 113 Å². The number of phenolic OH excluding ortho intramolecular Hbond substituents is 1. The van der Waals surface area contributed by atoms with E-state index in [1.165, 1.54) is 6.08 Å². The fraction of sp³-hybridized carbons (Fsp3) is 0.400. The van der Waals surface area contributed by atoms with Crippen LogP contribution < -0.4 is 0 Å². The minimum absolute atomic E-state index is 0.0280. The molecule has 0 radical (unpaired) electrons. The second kappa shape index (κ2) is 5.45. The van der Waals surface area contributed by atoms with Gasteiger partial charge in [0.15, 0.2) is 0 Å². The largest absolute Gasteiger partial charge is 0.508 e. The van der Waals surface area contributed by atoms with Gasteiger partial charge in [-0.2, -0.15) is 0 Å². The Bertz CT molecular complexity index is 494. The highest BCUT2D eigenvalue weighted by Crippen LogP contribution is 2.17. The van der Waals surface area contributed by atoms with Crippen LogP contribution in [-0.2, 0) is 9.53 Å². The van der Waals surface area contributed by atoms with Gasteiger partial charge >= 0.3 is 0 Å². The molecule has 0 saturated carbocycles. The first-order valence-corrected chi connectivity index (χ1v) is 6.36. The molecule has 19 heavy (non-hydrogen) atoms. The van der Waals surface area contributed by atoms with Gasteiger partial charge < -0.3 is 14.7 Å². The number of hydrogen-bond acceptors (Lipinski definition) is 3. The Kier molecular flexibility index (Phi) is 3.90. The Balaban J connectivity index is 2.01. The van der Waals surface area contributed by atoms with Crippen LogP contribution in [0.4, 0.5) is 0 Å². The first kappa shape index (κ1) is 13.6. The van der Waals surface area contributed by atoms with E-state index in [-0.39, 0.29) is 17.3 Å². The van der Waals surface area contributed by atoms with Crippen LogP contribution in [0.3, 0.4) is 0 Å². The number of hydrogen-bond donors (Lipinski definition) is 1. The van der Waals surface area contributed by atoms with E-state index in [0.717, 1.165) is 5.56 Å². The molecule has 0 unspecified atom stereocenters. The summed E-state index contributed by atoms with van der Waals surface area (Å²) in [5.41, 5.74) is 0.521. The number of carbonyl (C=O) groups is 1. The summed E-state index contributed by atoms with van der Waals surface area (Å²) in [7, 11) is 0. The maximum Gasteiger partial charge on any atom is 0.246 e. The summed E-state index contributed by atoms with van der Waals surface area (Å²) >= 11 is 0. The molecule has 0 aliphatic carbocycles. The third-order valence-electron chi connectivity index (χ3n) is 3.03. The van der Waals surface area contributed by atoms with Crippen LogP contribution in [0.2, 0.25) is 0 Å². The van der Waals surface area contributed by atoms with Crippen LogP contribution in [0, 0.1) is 0 Å². The summed E-state index contributed by atoms with van der Waals surface area (Å²) in [6.45, 7) is 5.73. The molecule has 1 N–H and O–H groups in total. The Morgan fingerprint density at radius 2 is 2.26 bits per heavy atom. The van der Waals surface area contributed by atoms with Gasteiger partial charge in [-0.15, -0.1) is 0 Å². The predicted molar refractivity (Wildman–Crippen MR) is 73.8 cm³/mol. The predicted octanol–water partition coefficient (Wildman–Crippen LogP) is 2.04. The van der Waals surface area contributed by atoms with Crippen LogP contribution in [-0.4, -0.2) is 41.2 Å². The minimum atomic E-state index is -0.285. The molecule has 1 aromatic carbocycles. The van der Waals surface area contributed by atoms with Crippen molar-refractivity contribution in [2.75, 3.05) is 19.7 Å². The molecule has 0 bridgehead atoms. The first-order chi connectivity index (χ1) is 8.96. The normalized spacial score (nSPS) is 18.7. The standard InChI is InChI=1S/C15H19NO3/c1-15(2)11-16(8-9-19-15)14(18)7-6-12-4-3-5-13(17)10-12/h3-7,10,17H,8-9,11H2,1-2H3. The van der Waals surface area contributed by atoms with E-state index in [4.69, 9.17) is 4.74 Å². The average molecular weight is 261 g/mol. The molecule has 0 aromatic heterocycles. The molecule has 1 aliphatic rings. The summed E-state index contributed by atoms with van der Waals surface area (Å²) in [5.74, 6) is 0.168. The lowest BCUT2D eigenvalue weighted by molar-refractivity contribution is -0.140. The number of amides is 1. The molecular formula is C15H19NO3. The van der Waals surface area contributed by atoms with Crippen LogP contribution in [0.25, 0.3) is 6.08 Å². The van der Waals surface area contributed by atoms with Gasteiger partial charge in [0, 0.05) is 19.2 Å². The average Bonchev–Trinajstić information content (AvgIpc) is 2.35. The third-order valence-corrected chi connectivity index (χ3v) is 3.03. The summed E-state index contributed by atoms with van der Waals surface area (Å²) in [6.07, 6.45) is 3.25. The first-order valence-electron chi connectivity index (χ1n) is 6.36. The highest BCUT2D eigenvalue weighted by molar-refractivity contribution is 5.91. The molecule has 4 nitrogen and oxygen atoms in total. The number of phenols is 1. The molecule has 102 valence electrons. The molecule has 4 heteroatoms. The maximum absolute atomic E-state index is 12.1. The zero-order valence-electron chi connectivity index (χ0n) is 11.3. The molecule has 1 heterocycles. The SMILES string of the molecule is CC1(C)CN(C(=O)C=Cc2cccc(O)c2)CCO1. The molecule has 1 aromatic rings. The smallest absolute Gasteiger partial charge is 0.246 e. The van der Waals surface area contributed by atoms with Crippen molar-refractivity contribution >= 4 is 12.0 Å². The number of morpholine rings is 1. The van der Waals surface area contributed by atoms with Gasteiger partial charge in [0.2, 0.25) is 5.91 Å². The van der Waals surface area contributed by atoms with Gasteiger partial charge in [-0.05, 0) is 37.6 Å². The fourth-order valence-corrected chi connectivity index (χ4v) is 2.11. The number of carbonyl (C=O) groups excluding carboxylic acids is 1. The van der Waals surface area contributed by atoms with E-state index in [0.29, 0.717) is 19.7 Å². The van der Waals surface area contributed by atoms with Gasteiger partial charge in [-0.25, -0.2) is 0 Å². The number of aromatic hydroxyl groups is 1. The third kappa shape index (κ3) is 3.83. The molecule has 1 aliphatic heterocycles. The monoisotopic (exact) mass is 261 g/mol. The van der Waals surface area contributed by atoms with E-state index < -0.39 is 0 Å². The topological polar surface area (TPSA) is 49.8 Å². The van der Waals surface area contributed by atoms with Gasteiger partial charge in [0.05, 0.1) is 12.2 Å². The zero-order chi connectivity index (χ0) is 13.9. The second-order valence-electron chi connectivity index (χ2n) is 5.30. The molecule has 1 amide bonds. The van der Waals surface area contributed by atoms with E-state index in [1.54, 1.807) is 29.2 Å². The van der Waals surface area contributed by atoms with Gasteiger partial charge in [-0.1, -0.05) is 12.1 Å². The van der Waals surface area contributed by atoms with Crippen molar-refractivity contribution in [2.45, 2.75) is 19.4 Å². The summed E-state index contributed by atoms with van der Waals surface area (Å²) in [5, 5.41) is 9.35. The lowest BCUT2D eigenvalue weighted by Gasteiger charge is -2.37. The number of nitrogens with zero attached hydrogens (tertiary/aromatic N) is 1. The van der Waals surface area contributed by atoms with Crippen LogP contribution in [0.5, 0.6) is 5.75 Å². The van der Waals surface area contributed by atoms with Crippen molar-refractivity contribution < 1.29 is 14.6 Å². The van der Waals surface area contributed by atoms with E-state index >= 15 is 0 Å². The van der Waals surface area contributed by atoms with E-state index in [9.17, 15) is 9.90 Å². The van der Waals surface area contributed by atoms with Gasteiger partial charge in [0.25, 0.3) is 0 Å². The Morgan fingerprint density at radius 1 is 1.47 bits per heavy atom. The lowest BCUT2D eigenvalue weighted by Crippen LogP contribution is -2.50. The van der Waals surface area contributed by atoms with Crippen molar-refractivity contribution in [3.05, 3.63) is 35.9 Å². The zero-order valence-corrected chi connectivity index (χ0v) is 11.3. The Hall–Kier alpha value is -1.81. The van der Waals surface area contributed by atoms with Crippen LogP contribution >= 0.6 is 0 Å². The second-order valence-corrected chi connectivity index (χ2v) is 5.30. The lowest BCUT2D eigenvalue weighted by atomic mass is 10.1. The fourth-order valence-electron chi connectivity index (χ4n) is 2.11. The van der Waals surface area contributed by atoms with E-state index in [2.05, 4.69) is 0 Å². The molecule has 1 fully saturated rings. The molecule has 0 spiro atoms. The van der Waals surface area contributed by atoms with Crippen molar-refractivity contribution in [3.8, 4) is 5.75 Å². The molecule has 1 saturated heterocycles. The number of ether oxygens (including phenoxy) is 1. The molecule has 2 rings (SSSR count). The van der Waals surface area contributed by atoms with Crippen molar-refractivity contribution in [2.24, 2.45) is 0 Å². The van der Waals surface area contributed by atoms with Crippen molar-refractivity contribution in [1.29, 1.82) is 0 Å². The van der Waals surface area contributed by atoms with Crippen LogP contribution in [0.1, 0.15) is 19.4 Å². The minimum Gasteiger partial charge on any atom is -0.508 e. The highest BCUT2D eigenvalue weighted by Gasteiger charge is 2.28. The summed E-state index contributed by atoms with van der Waals surface area (Å²) in [6, 6.07) is 6.81. The molecule has 0 atom stereocenters. The number of benzene rings is 1. The maximum atomic E-state index is 12.1. The summed E-state index contributed by atoms with van der Waals surface area (Å²) in [4.78, 5) is 13.8. The van der Waals surface area contributed by atoms with Crippen LogP contribution in [0.15, 0.2) is 30.3 Å². The van der Waals surface area contributed by atoms with Gasteiger partial charge in [-0.3, -0.25) is 4.79 Å². The van der Waals surface area contributed by atoms with E-state index in [1.807, 2.05) is 19.9 Å². The Morgan fingerprint density at radius 3 is 2.95 bits per heavy atom. The van der Waals surface area contributed by atoms with Crippen molar-refractivity contribution in [1.82, 2.24) is 4.90 Å². The number of rotatable bonds is 2. The highest BCUT2D eigenvalue weighted by atomic mass is 16.5. The quantitative estimate of drug-likeness (QED) is 0.829. The summed E-state index contributed by atoms with van der Waals surface area (Å²) < 4.78 is 5.57. The molecular weight excluding hydrogens is 242 g/mol. The van der Waals surface area contributed by atoms with Gasteiger partial charge in [0.1, 0.15) is 5.75 Å². The van der Waals surface area contributed by atoms with Crippen molar-refractivity contribution in [3.63, 3.8) is 0 Å².